The van der Waals surface area contributed by atoms with Gasteiger partial charge in [-0.1, -0.05) is 6.07 Å². The Bertz CT molecular complexity index is 958. The summed E-state index contributed by atoms with van der Waals surface area (Å²) in [6.07, 6.45) is 8.64. The van der Waals surface area contributed by atoms with Gasteiger partial charge in [0.05, 0.1) is 4.47 Å². The molecular weight excluding hydrogens is 502 g/mol. The van der Waals surface area contributed by atoms with E-state index in [0.29, 0.717) is 24.0 Å². The Labute approximate surface area is 207 Å². The lowest BCUT2D eigenvalue weighted by Gasteiger charge is -2.24. The number of nitrogens with zero attached hydrogens (tertiary/aromatic N) is 4. The molecule has 1 atom stereocenters. The number of aliphatic carboxylic acids is 1. The Balaban J connectivity index is 1.48. The SMILES string of the molecule is NC(=O)CCN(CCCCc1ccc2c(n1)NCCC2)CC[C@H](Nc1ncc(Br)cn1)C(=O)O. The first-order chi connectivity index (χ1) is 16.4. The van der Waals surface area contributed by atoms with Crippen molar-refractivity contribution in [1.82, 2.24) is 19.9 Å². The number of carbonyl (C=O) groups excluding carboxylic acids is 1. The van der Waals surface area contributed by atoms with Crippen LogP contribution in [0, 0.1) is 0 Å². The number of amides is 1. The molecule has 0 aliphatic carbocycles. The summed E-state index contributed by atoms with van der Waals surface area (Å²) in [5.41, 5.74) is 7.69. The molecule has 0 saturated carbocycles. The van der Waals surface area contributed by atoms with E-state index in [0.717, 1.165) is 56.7 Å². The van der Waals surface area contributed by atoms with Crippen LogP contribution in [0.15, 0.2) is 29.0 Å². The maximum absolute atomic E-state index is 11.7. The summed E-state index contributed by atoms with van der Waals surface area (Å²) in [4.78, 5) is 38.0. The molecular formula is C23H32BrN7O3. The number of anilines is 2. The van der Waals surface area contributed by atoms with Crippen molar-refractivity contribution in [1.29, 1.82) is 0 Å². The van der Waals surface area contributed by atoms with Gasteiger partial charge in [-0.25, -0.2) is 19.7 Å². The Morgan fingerprint density at radius 2 is 2.00 bits per heavy atom. The van der Waals surface area contributed by atoms with Gasteiger partial charge in [0, 0.05) is 44.1 Å². The summed E-state index contributed by atoms with van der Waals surface area (Å²) in [5.74, 6) is -0.0829. The number of carboxylic acids is 1. The predicted octanol–water partition coefficient (Wildman–Crippen LogP) is 2.45. The molecule has 34 heavy (non-hydrogen) atoms. The van der Waals surface area contributed by atoms with Crippen molar-refractivity contribution in [2.75, 3.05) is 36.8 Å². The summed E-state index contributed by atoms with van der Waals surface area (Å²) in [5, 5.41) is 15.8. The van der Waals surface area contributed by atoms with Crippen LogP contribution in [0.3, 0.4) is 0 Å². The zero-order valence-corrected chi connectivity index (χ0v) is 20.8. The van der Waals surface area contributed by atoms with Crippen molar-refractivity contribution in [2.24, 2.45) is 5.73 Å². The first kappa shape index (κ1) is 25.8. The number of unbranched alkanes of at least 4 members (excludes halogenated alkanes) is 1. The number of rotatable bonds is 14. The number of hydrogen-bond acceptors (Lipinski definition) is 8. The Hall–Kier alpha value is -2.79. The maximum atomic E-state index is 11.7. The van der Waals surface area contributed by atoms with Crippen molar-refractivity contribution in [3.8, 4) is 0 Å². The molecule has 1 aliphatic rings. The van der Waals surface area contributed by atoms with Crippen molar-refractivity contribution >= 4 is 39.6 Å². The molecule has 11 heteroatoms. The summed E-state index contributed by atoms with van der Waals surface area (Å²) in [6, 6.07) is 3.42. The van der Waals surface area contributed by atoms with Crippen LogP contribution in [-0.4, -0.2) is 69.1 Å². The maximum Gasteiger partial charge on any atom is 0.326 e. The zero-order chi connectivity index (χ0) is 24.3. The lowest BCUT2D eigenvalue weighted by atomic mass is 10.1. The highest BCUT2D eigenvalue weighted by Gasteiger charge is 2.20. The number of primary amides is 1. The smallest absolute Gasteiger partial charge is 0.326 e. The standard InChI is InChI=1S/C23H32BrN7O3/c24-17-14-27-23(28-15-17)30-19(22(33)34)8-12-31(13-9-20(25)32)11-2-1-5-18-7-6-16-4-3-10-26-21(16)29-18/h6-7,14-15,19H,1-5,8-13H2,(H2,25,32)(H,26,29)(H,33,34)(H,27,28,30)/t19-/m0/s1. The van der Waals surface area contributed by atoms with Crippen LogP contribution >= 0.6 is 15.9 Å². The highest BCUT2D eigenvalue weighted by atomic mass is 79.9. The molecule has 0 aromatic carbocycles. The lowest BCUT2D eigenvalue weighted by molar-refractivity contribution is -0.138. The van der Waals surface area contributed by atoms with Gasteiger partial charge in [0.1, 0.15) is 11.9 Å². The van der Waals surface area contributed by atoms with E-state index in [1.807, 2.05) is 0 Å². The van der Waals surface area contributed by atoms with E-state index in [2.05, 4.69) is 53.6 Å². The Kier molecular flexibility index (Phi) is 10.0. The van der Waals surface area contributed by atoms with Gasteiger partial charge in [0.2, 0.25) is 11.9 Å². The minimum absolute atomic E-state index is 0.235. The van der Waals surface area contributed by atoms with Gasteiger partial charge in [-0.15, -0.1) is 0 Å². The van der Waals surface area contributed by atoms with Crippen LogP contribution < -0.4 is 16.4 Å². The van der Waals surface area contributed by atoms with Crippen LogP contribution in [0.5, 0.6) is 0 Å². The molecule has 0 spiro atoms. The van der Waals surface area contributed by atoms with Crippen molar-refractivity contribution < 1.29 is 14.7 Å². The summed E-state index contributed by atoms with van der Waals surface area (Å²) >= 11 is 3.26. The van der Waals surface area contributed by atoms with Gasteiger partial charge in [0.15, 0.2) is 0 Å². The number of carbonyl (C=O) groups is 2. The number of halogens is 1. The molecule has 10 nitrogen and oxygen atoms in total. The van der Waals surface area contributed by atoms with Gasteiger partial charge >= 0.3 is 5.97 Å². The predicted molar refractivity (Wildman–Crippen MR) is 134 cm³/mol. The normalized spacial score (nSPS) is 13.7. The summed E-state index contributed by atoms with van der Waals surface area (Å²) < 4.78 is 0.712. The topological polar surface area (TPSA) is 146 Å². The molecule has 0 bridgehead atoms. The number of nitrogens with two attached hydrogens (primary N) is 1. The van der Waals surface area contributed by atoms with E-state index >= 15 is 0 Å². The number of fused-ring (bicyclic) bond motifs is 1. The number of hydrogen-bond donors (Lipinski definition) is 4. The largest absolute Gasteiger partial charge is 0.480 e. The fraction of sp³-hybridized carbons (Fsp3) is 0.522. The fourth-order valence-electron chi connectivity index (χ4n) is 3.87. The van der Waals surface area contributed by atoms with Crippen molar-refractivity contribution in [2.45, 2.75) is 51.0 Å². The molecule has 2 aromatic heterocycles. The van der Waals surface area contributed by atoms with E-state index in [9.17, 15) is 14.7 Å². The van der Waals surface area contributed by atoms with E-state index in [1.165, 1.54) is 5.56 Å². The molecule has 0 fully saturated rings. The molecule has 5 N–H and O–H groups in total. The molecule has 184 valence electrons. The van der Waals surface area contributed by atoms with E-state index in [1.54, 1.807) is 12.4 Å². The van der Waals surface area contributed by atoms with Gasteiger partial charge in [-0.05, 0) is 72.6 Å². The molecule has 3 rings (SSSR count). The summed E-state index contributed by atoms with van der Waals surface area (Å²) in [7, 11) is 0. The fourth-order valence-corrected chi connectivity index (χ4v) is 4.07. The third kappa shape index (κ3) is 8.53. The second-order valence-electron chi connectivity index (χ2n) is 8.40. The quantitative estimate of drug-likeness (QED) is 0.269. The Morgan fingerprint density at radius 3 is 2.74 bits per heavy atom. The molecule has 0 unspecified atom stereocenters. The lowest BCUT2D eigenvalue weighted by Crippen LogP contribution is -2.37. The molecule has 1 amide bonds. The van der Waals surface area contributed by atoms with Crippen LogP contribution in [0.4, 0.5) is 11.8 Å². The van der Waals surface area contributed by atoms with E-state index < -0.39 is 12.0 Å². The molecule has 0 radical (unpaired) electrons. The van der Waals surface area contributed by atoms with Gasteiger partial charge in [0.25, 0.3) is 0 Å². The van der Waals surface area contributed by atoms with Gasteiger partial charge < -0.3 is 26.4 Å². The van der Waals surface area contributed by atoms with Crippen LogP contribution in [0.25, 0.3) is 0 Å². The van der Waals surface area contributed by atoms with Gasteiger partial charge in [-0.3, -0.25) is 4.79 Å². The Morgan fingerprint density at radius 1 is 1.21 bits per heavy atom. The first-order valence-electron chi connectivity index (χ1n) is 11.6. The number of aryl methyl sites for hydroxylation is 2. The van der Waals surface area contributed by atoms with E-state index in [-0.39, 0.29) is 18.3 Å². The second kappa shape index (κ2) is 13.2. The minimum Gasteiger partial charge on any atom is -0.480 e. The zero-order valence-electron chi connectivity index (χ0n) is 19.2. The van der Waals surface area contributed by atoms with Crippen molar-refractivity contribution in [3.05, 3.63) is 40.3 Å². The molecule has 0 saturated heterocycles. The average molecular weight is 534 g/mol. The number of nitrogens with one attached hydrogen (secondary N) is 2. The van der Waals surface area contributed by atoms with Gasteiger partial charge in [-0.2, -0.15) is 0 Å². The molecule has 2 aromatic rings. The van der Waals surface area contributed by atoms with E-state index in [4.69, 9.17) is 10.7 Å². The van der Waals surface area contributed by atoms with Crippen LogP contribution in [-0.2, 0) is 22.4 Å². The number of carboxylic acid groups (broad SMARTS) is 1. The monoisotopic (exact) mass is 533 g/mol. The highest BCUT2D eigenvalue weighted by Crippen LogP contribution is 2.20. The summed E-state index contributed by atoms with van der Waals surface area (Å²) in [6.45, 7) is 2.72. The van der Waals surface area contributed by atoms with Crippen LogP contribution in [0.1, 0.15) is 43.4 Å². The third-order valence-electron chi connectivity index (χ3n) is 5.74. The van der Waals surface area contributed by atoms with Crippen LogP contribution in [0.2, 0.25) is 0 Å². The van der Waals surface area contributed by atoms with Crippen molar-refractivity contribution in [3.63, 3.8) is 0 Å². The molecule has 1 aliphatic heterocycles. The highest BCUT2D eigenvalue weighted by molar-refractivity contribution is 9.10. The molecule has 3 heterocycles. The number of aromatic nitrogens is 3. The first-order valence-corrected chi connectivity index (χ1v) is 12.4. The minimum atomic E-state index is -0.978. The number of pyridine rings is 1. The third-order valence-corrected chi connectivity index (χ3v) is 6.15. The average Bonchev–Trinajstić information content (AvgIpc) is 2.82. The second-order valence-corrected chi connectivity index (χ2v) is 9.32.